The van der Waals surface area contributed by atoms with Crippen LogP contribution in [0.25, 0.3) is 0 Å². The van der Waals surface area contributed by atoms with Gasteiger partial charge in [0, 0.05) is 30.8 Å². The smallest absolute Gasteiger partial charge is 0.270 e. The molecule has 31 heavy (non-hydrogen) atoms. The van der Waals surface area contributed by atoms with E-state index < -0.39 is 16.9 Å². The Morgan fingerprint density at radius 1 is 0.903 bits per heavy atom. The molecule has 0 saturated carbocycles. The van der Waals surface area contributed by atoms with Gasteiger partial charge in [-0.05, 0) is 24.1 Å². The third-order valence-electron chi connectivity index (χ3n) is 4.78. The van der Waals surface area contributed by atoms with E-state index in [1.165, 1.54) is 24.3 Å². The highest BCUT2D eigenvalue weighted by Crippen LogP contribution is 2.15. The zero-order valence-electron chi connectivity index (χ0n) is 17.1. The van der Waals surface area contributed by atoms with Crippen LogP contribution in [-0.4, -0.2) is 27.7 Å². The Labute approximate surface area is 180 Å². The van der Waals surface area contributed by atoms with Gasteiger partial charge in [-0.3, -0.25) is 19.7 Å². The first-order chi connectivity index (χ1) is 14.9. The number of rotatable bonds is 8. The van der Waals surface area contributed by atoms with Crippen molar-refractivity contribution in [2.24, 2.45) is 0 Å². The Morgan fingerprint density at radius 2 is 1.45 bits per heavy atom. The van der Waals surface area contributed by atoms with Crippen LogP contribution in [-0.2, 0) is 17.9 Å². The van der Waals surface area contributed by atoms with E-state index in [0.717, 1.165) is 11.1 Å². The number of nitrogens with zero attached hydrogens (tertiary/aromatic N) is 2. The molecule has 0 aliphatic heterocycles. The third-order valence-corrected chi connectivity index (χ3v) is 4.78. The molecule has 0 heterocycles. The summed E-state index contributed by atoms with van der Waals surface area (Å²) in [6, 6.07) is 23.9. The average Bonchev–Trinajstić information content (AvgIpc) is 2.79. The standard InChI is InChI=1S/C24H23N3O4/c1-18(25-23(28)21-13-8-14-22(15-21)27(30)31)24(29)26(16-19-9-4-2-5-10-19)17-20-11-6-3-7-12-20/h2-15,18H,16-17H2,1H3,(H,25,28). The Hall–Kier alpha value is -4.00. The van der Waals surface area contributed by atoms with E-state index in [4.69, 9.17) is 0 Å². The first-order valence-corrected chi connectivity index (χ1v) is 9.86. The fraction of sp³-hybridized carbons (Fsp3) is 0.167. The Kier molecular flexibility index (Phi) is 7.11. The van der Waals surface area contributed by atoms with Gasteiger partial charge in [-0.1, -0.05) is 66.7 Å². The van der Waals surface area contributed by atoms with Gasteiger partial charge in [0.2, 0.25) is 5.91 Å². The molecule has 2 amide bonds. The van der Waals surface area contributed by atoms with E-state index in [9.17, 15) is 19.7 Å². The molecular weight excluding hydrogens is 394 g/mol. The molecule has 0 saturated heterocycles. The predicted octanol–water partition coefficient (Wildman–Crippen LogP) is 3.94. The number of benzene rings is 3. The minimum Gasteiger partial charge on any atom is -0.341 e. The summed E-state index contributed by atoms with van der Waals surface area (Å²) in [6.45, 7) is 2.40. The van der Waals surface area contributed by atoms with Crippen molar-refractivity contribution in [3.05, 3.63) is 112 Å². The van der Waals surface area contributed by atoms with Crippen LogP contribution in [0.5, 0.6) is 0 Å². The van der Waals surface area contributed by atoms with Crippen LogP contribution in [0.1, 0.15) is 28.4 Å². The van der Waals surface area contributed by atoms with Gasteiger partial charge in [0.05, 0.1) is 4.92 Å². The molecule has 3 rings (SSSR count). The summed E-state index contributed by atoms with van der Waals surface area (Å²) in [4.78, 5) is 37.8. The summed E-state index contributed by atoms with van der Waals surface area (Å²) in [5.74, 6) is -0.782. The topological polar surface area (TPSA) is 92.5 Å². The first-order valence-electron chi connectivity index (χ1n) is 9.86. The Balaban J connectivity index is 1.75. The molecule has 158 valence electrons. The number of hydrogen-bond donors (Lipinski definition) is 1. The molecule has 0 fully saturated rings. The molecule has 1 atom stereocenters. The Bertz CT molecular complexity index is 1010. The van der Waals surface area contributed by atoms with Crippen molar-refractivity contribution in [2.45, 2.75) is 26.1 Å². The van der Waals surface area contributed by atoms with Crippen LogP contribution in [0.15, 0.2) is 84.9 Å². The van der Waals surface area contributed by atoms with Crippen molar-refractivity contribution in [1.29, 1.82) is 0 Å². The summed E-state index contributed by atoms with van der Waals surface area (Å²) in [6.07, 6.45) is 0. The molecule has 0 aliphatic carbocycles. The zero-order chi connectivity index (χ0) is 22.2. The zero-order valence-corrected chi connectivity index (χ0v) is 17.1. The molecule has 0 bridgehead atoms. The lowest BCUT2D eigenvalue weighted by atomic mass is 10.1. The number of carbonyl (C=O) groups excluding carboxylic acids is 2. The number of amides is 2. The van der Waals surface area contributed by atoms with Gasteiger partial charge in [-0.15, -0.1) is 0 Å². The van der Waals surface area contributed by atoms with Crippen molar-refractivity contribution in [1.82, 2.24) is 10.2 Å². The number of nitro groups is 1. The lowest BCUT2D eigenvalue weighted by Gasteiger charge is -2.26. The molecule has 0 radical (unpaired) electrons. The van der Waals surface area contributed by atoms with Gasteiger partial charge in [0.1, 0.15) is 6.04 Å². The number of nitro benzene ring substituents is 1. The van der Waals surface area contributed by atoms with Crippen molar-refractivity contribution in [2.75, 3.05) is 0 Å². The molecule has 7 nitrogen and oxygen atoms in total. The van der Waals surface area contributed by atoms with Gasteiger partial charge < -0.3 is 10.2 Å². The van der Waals surface area contributed by atoms with Crippen LogP contribution in [0, 0.1) is 10.1 Å². The molecule has 0 aromatic heterocycles. The molecule has 1 unspecified atom stereocenters. The number of carbonyl (C=O) groups is 2. The maximum absolute atomic E-state index is 13.2. The molecular formula is C24H23N3O4. The van der Waals surface area contributed by atoms with E-state index in [0.29, 0.717) is 13.1 Å². The Morgan fingerprint density at radius 3 is 1.97 bits per heavy atom. The minimum atomic E-state index is -0.806. The quantitative estimate of drug-likeness (QED) is 0.444. The maximum Gasteiger partial charge on any atom is 0.270 e. The van der Waals surface area contributed by atoms with E-state index in [1.807, 2.05) is 60.7 Å². The highest BCUT2D eigenvalue weighted by molar-refractivity contribution is 5.97. The third kappa shape index (κ3) is 5.99. The fourth-order valence-electron chi connectivity index (χ4n) is 3.20. The fourth-order valence-corrected chi connectivity index (χ4v) is 3.20. The van der Waals surface area contributed by atoms with Crippen LogP contribution in [0.2, 0.25) is 0 Å². The van der Waals surface area contributed by atoms with Gasteiger partial charge in [0.15, 0.2) is 0 Å². The molecule has 0 aliphatic rings. The van der Waals surface area contributed by atoms with Gasteiger partial charge >= 0.3 is 0 Å². The van der Waals surface area contributed by atoms with Crippen molar-refractivity contribution in [3.8, 4) is 0 Å². The molecule has 0 spiro atoms. The van der Waals surface area contributed by atoms with Crippen molar-refractivity contribution >= 4 is 17.5 Å². The normalized spacial score (nSPS) is 11.4. The minimum absolute atomic E-state index is 0.131. The summed E-state index contributed by atoms with van der Waals surface area (Å²) >= 11 is 0. The van der Waals surface area contributed by atoms with Gasteiger partial charge in [-0.25, -0.2) is 0 Å². The van der Waals surface area contributed by atoms with Gasteiger partial charge in [0.25, 0.3) is 11.6 Å². The van der Waals surface area contributed by atoms with E-state index in [2.05, 4.69) is 5.32 Å². The van der Waals surface area contributed by atoms with Crippen molar-refractivity contribution in [3.63, 3.8) is 0 Å². The largest absolute Gasteiger partial charge is 0.341 e. The molecule has 1 N–H and O–H groups in total. The van der Waals surface area contributed by atoms with Crippen molar-refractivity contribution < 1.29 is 14.5 Å². The average molecular weight is 417 g/mol. The number of nitrogens with one attached hydrogen (secondary N) is 1. The highest BCUT2D eigenvalue weighted by atomic mass is 16.6. The van der Waals surface area contributed by atoms with E-state index in [1.54, 1.807) is 11.8 Å². The lowest BCUT2D eigenvalue weighted by Crippen LogP contribution is -2.46. The van der Waals surface area contributed by atoms with E-state index in [-0.39, 0.29) is 17.2 Å². The lowest BCUT2D eigenvalue weighted by molar-refractivity contribution is -0.384. The second-order valence-electron chi connectivity index (χ2n) is 7.17. The summed E-state index contributed by atoms with van der Waals surface area (Å²) in [5, 5.41) is 13.6. The SMILES string of the molecule is CC(NC(=O)c1cccc([N+](=O)[O-])c1)C(=O)N(Cc1ccccc1)Cc1ccccc1. The second-order valence-corrected chi connectivity index (χ2v) is 7.17. The van der Waals surface area contributed by atoms with Gasteiger partial charge in [-0.2, -0.15) is 0 Å². The molecule has 3 aromatic carbocycles. The first kappa shape index (κ1) is 21.7. The van der Waals surface area contributed by atoms with Crippen LogP contribution >= 0.6 is 0 Å². The van der Waals surface area contributed by atoms with Crippen LogP contribution in [0.3, 0.4) is 0 Å². The monoisotopic (exact) mass is 417 g/mol. The summed E-state index contributed by atoms with van der Waals surface area (Å²) in [5.41, 5.74) is 1.90. The highest BCUT2D eigenvalue weighted by Gasteiger charge is 2.23. The summed E-state index contributed by atoms with van der Waals surface area (Å²) < 4.78 is 0. The second kappa shape index (κ2) is 10.2. The molecule has 7 heteroatoms. The van der Waals surface area contributed by atoms with Crippen LogP contribution < -0.4 is 5.32 Å². The molecule has 3 aromatic rings. The maximum atomic E-state index is 13.2. The van der Waals surface area contributed by atoms with E-state index >= 15 is 0 Å². The number of non-ortho nitro benzene ring substituents is 1. The van der Waals surface area contributed by atoms with Crippen LogP contribution in [0.4, 0.5) is 5.69 Å². The predicted molar refractivity (Wildman–Crippen MR) is 117 cm³/mol. The number of hydrogen-bond acceptors (Lipinski definition) is 4. The summed E-state index contributed by atoms with van der Waals surface area (Å²) in [7, 11) is 0.